The Morgan fingerprint density at radius 1 is 1.26 bits per heavy atom. The molecule has 1 aromatic carbocycles. The van der Waals surface area contributed by atoms with Gasteiger partial charge in [0, 0.05) is 24.0 Å². The highest BCUT2D eigenvalue weighted by Crippen LogP contribution is 2.24. The fourth-order valence-electron chi connectivity index (χ4n) is 2.18. The lowest BCUT2D eigenvalue weighted by molar-refractivity contribution is 0.0697. The molecule has 2 heterocycles. The van der Waals surface area contributed by atoms with Gasteiger partial charge in [-0.05, 0) is 12.5 Å². The summed E-state index contributed by atoms with van der Waals surface area (Å²) >= 11 is 0. The number of rotatable bonds is 3. The lowest BCUT2D eigenvalue weighted by Crippen LogP contribution is -2.00. The van der Waals surface area contributed by atoms with Crippen molar-refractivity contribution in [3.8, 4) is 23.0 Å². The number of benzene rings is 1. The summed E-state index contributed by atoms with van der Waals surface area (Å²) in [5.74, 6) is -0.669. The first-order chi connectivity index (χ1) is 11.1. The number of hydrogen-bond acceptors (Lipinski definition) is 4. The predicted molar refractivity (Wildman–Crippen MR) is 83.2 cm³/mol. The number of hydrogen-bond donors (Lipinski definition) is 1. The number of aryl methyl sites for hydroxylation is 1. The van der Waals surface area contributed by atoms with Crippen molar-refractivity contribution in [2.45, 2.75) is 6.92 Å². The van der Waals surface area contributed by atoms with Crippen LogP contribution < -0.4 is 0 Å². The number of carbonyl (C=O) groups is 1. The van der Waals surface area contributed by atoms with Crippen molar-refractivity contribution in [3.05, 3.63) is 65.6 Å². The van der Waals surface area contributed by atoms with Gasteiger partial charge in [0.2, 0.25) is 0 Å². The van der Waals surface area contributed by atoms with Crippen molar-refractivity contribution in [2.75, 3.05) is 0 Å². The van der Waals surface area contributed by atoms with E-state index in [1.54, 1.807) is 12.3 Å². The molecule has 0 bridgehead atoms. The molecule has 0 unspecified atom stereocenters. The topological polar surface area (TPSA) is 91.8 Å². The molecule has 3 aromatic rings. The van der Waals surface area contributed by atoms with E-state index in [9.17, 15) is 10.1 Å². The van der Waals surface area contributed by atoms with E-state index in [0.29, 0.717) is 11.4 Å². The third-order valence-corrected chi connectivity index (χ3v) is 3.44. The van der Waals surface area contributed by atoms with Crippen LogP contribution in [0.4, 0.5) is 0 Å². The average molecular weight is 304 g/mol. The Balaban J connectivity index is 2.04. The van der Waals surface area contributed by atoms with Crippen molar-refractivity contribution >= 4 is 5.97 Å². The molecule has 6 nitrogen and oxygen atoms in total. The largest absolute Gasteiger partial charge is 0.478 e. The summed E-state index contributed by atoms with van der Waals surface area (Å²) in [5, 5.41) is 22.3. The maximum absolute atomic E-state index is 10.9. The SMILES string of the molecule is Cc1ccc(-c2cnc(-n3cc(C(=O)O)cn3)cc2C#N)cc1. The van der Waals surface area contributed by atoms with Gasteiger partial charge in [-0.15, -0.1) is 0 Å². The first-order valence-electron chi connectivity index (χ1n) is 6.84. The van der Waals surface area contributed by atoms with Crippen LogP contribution in [0.5, 0.6) is 0 Å². The Hall–Kier alpha value is -3.46. The number of pyridine rings is 1. The minimum Gasteiger partial charge on any atom is -0.478 e. The first-order valence-corrected chi connectivity index (χ1v) is 6.84. The lowest BCUT2D eigenvalue weighted by atomic mass is 10.0. The first kappa shape index (κ1) is 14.5. The number of carboxylic acids is 1. The smallest absolute Gasteiger partial charge is 0.338 e. The van der Waals surface area contributed by atoms with Crippen molar-refractivity contribution in [2.24, 2.45) is 0 Å². The molecule has 1 N–H and O–H groups in total. The molecule has 0 amide bonds. The summed E-state index contributed by atoms with van der Waals surface area (Å²) < 4.78 is 1.34. The Bertz CT molecular complexity index is 921. The average Bonchev–Trinajstić information content (AvgIpc) is 3.05. The van der Waals surface area contributed by atoms with Gasteiger partial charge in [0.25, 0.3) is 0 Å². The zero-order valence-electron chi connectivity index (χ0n) is 12.3. The van der Waals surface area contributed by atoms with E-state index in [1.165, 1.54) is 17.1 Å². The predicted octanol–water partition coefficient (Wildman–Crippen LogP) is 2.81. The van der Waals surface area contributed by atoms with Gasteiger partial charge in [0.15, 0.2) is 5.82 Å². The Morgan fingerprint density at radius 3 is 2.61 bits per heavy atom. The Morgan fingerprint density at radius 2 is 2.00 bits per heavy atom. The van der Waals surface area contributed by atoms with E-state index in [-0.39, 0.29) is 5.56 Å². The van der Waals surface area contributed by atoms with Gasteiger partial charge in [0.1, 0.15) is 0 Å². The van der Waals surface area contributed by atoms with Crippen molar-refractivity contribution in [1.82, 2.24) is 14.8 Å². The summed E-state index contributed by atoms with van der Waals surface area (Å²) in [5.41, 5.74) is 3.27. The van der Waals surface area contributed by atoms with Crippen LogP contribution in [0.25, 0.3) is 16.9 Å². The molecule has 23 heavy (non-hydrogen) atoms. The molecular weight excluding hydrogens is 292 g/mol. The Labute approximate surface area is 132 Å². The van der Waals surface area contributed by atoms with Gasteiger partial charge in [-0.2, -0.15) is 10.4 Å². The van der Waals surface area contributed by atoms with E-state index in [1.807, 2.05) is 31.2 Å². The highest BCUT2D eigenvalue weighted by Gasteiger charge is 2.11. The van der Waals surface area contributed by atoms with Crippen LogP contribution in [0, 0.1) is 18.3 Å². The molecule has 0 spiro atoms. The van der Waals surface area contributed by atoms with Crippen molar-refractivity contribution < 1.29 is 9.90 Å². The zero-order valence-corrected chi connectivity index (χ0v) is 12.3. The normalized spacial score (nSPS) is 10.3. The highest BCUT2D eigenvalue weighted by molar-refractivity contribution is 5.87. The minimum absolute atomic E-state index is 0.0629. The molecule has 3 rings (SSSR count). The van der Waals surface area contributed by atoms with Gasteiger partial charge in [-0.1, -0.05) is 29.8 Å². The third-order valence-electron chi connectivity index (χ3n) is 3.44. The van der Waals surface area contributed by atoms with Crippen LogP contribution in [0.3, 0.4) is 0 Å². The van der Waals surface area contributed by atoms with E-state index in [4.69, 9.17) is 5.11 Å². The summed E-state index contributed by atoms with van der Waals surface area (Å²) in [6.07, 6.45) is 4.20. The molecule has 0 aliphatic carbocycles. The van der Waals surface area contributed by atoms with E-state index in [0.717, 1.165) is 16.7 Å². The summed E-state index contributed by atoms with van der Waals surface area (Å²) in [6.45, 7) is 1.99. The molecule has 0 saturated heterocycles. The molecule has 0 saturated carbocycles. The fourth-order valence-corrected chi connectivity index (χ4v) is 2.18. The number of carboxylic acid groups (broad SMARTS) is 1. The zero-order chi connectivity index (χ0) is 16.4. The second-order valence-electron chi connectivity index (χ2n) is 5.04. The fraction of sp³-hybridized carbons (Fsp3) is 0.0588. The molecule has 2 aromatic heterocycles. The summed E-state index contributed by atoms with van der Waals surface area (Å²) in [7, 11) is 0. The van der Waals surface area contributed by atoms with E-state index < -0.39 is 5.97 Å². The van der Waals surface area contributed by atoms with Crippen LogP contribution in [-0.2, 0) is 0 Å². The maximum Gasteiger partial charge on any atom is 0.338 e. The second-order valence-corrected chi connectivity index (χ2v) is 5.04. The number of nitrogens with zero attached hydrogens (tertiary/aromatic N) is 4. The number of aromatic nitrogens is 3. The molecule has 0 radical (unpaired) electrons. The Kier molecular flexibility index (Phi) is 3.61. The molecule has 6 heteroatoms. The number of nitriles is 1. The molecule has 0 aliphatic rings. The van der Waals surface area contributed by atoms with Crippen LogP contribution >= 0.6 is 0 Å². The maximum atomic E-state index is 10.9. The summed E-state index contributed by atoms with van der Waals surface area (Å²) in [6, 6.07) is 11.5. The van der Waals surface area contributed by atoms with Crippen LogP contribution in [0.15, 0.2) is 48.9 Å². The van der Waals surface area contributed by atoms with E-state index in [2.05, 4.69) is 16.2 Å². The van der Waals surface area contributed by atoms with Crippen LogP contribution in [0.2, 0.25) is 0 Å². The highest BCUT2D eigenvalue weighted by atomic mass is 16.4. The monoisotopic (exact) mass is 304 g/mol. The molecule has 112 valence electrons. The molecule has 0 atom stereocenters. The van der Waals surface area contributed by atoms with Gasteiger partial charge < -0.3 is 5.11 Å². The molecule has 0 fully saturated rings. The van der Waals surface area contributed by atoms with E-state index >= 15 is 0 Å². The van der Waals surface area contributed by atoms with Crippen molar-refractivity contribution in [3.63, 3.8) is 0 Å². The second kappa shape index (κ2) is 5.73. The third kappa shape index (κ3) is 2.80. The molecular formula is C17H12N4O2. The van der Waals surface area contributed by atoms with Gasteiger partial charge in [-0.25, -0.2) is 14.5 Å². The van der Waals surface area contributed by atoms with Gasteiger partial charge in [0.05, 0.1) is 23.4 Å². The van der Waals surface area contributed by atoms with Crippen molar-refractivity contribution in [1.29, 1.82) is 5.26 Å². The summed E-state index contributed by atoms with van der Waals surface area (Å²) in [4.78, 5) is 15.2. The van der Waals surface area contributed by atoms with Crippen LogP contribution in [-0.4, -0.2) is 25.8 Å². The quantitative estimate of drug-likeness (QED) is 0.803. The minimum atomic E-state index is -1.06. The number of aromatic carboxylic acids is 1. The van der Waals surface area contributed by atoms with Gasteiger partial charge >= 0.3 is 5.97 Å². The van der Waals surface area contributed by atoms with Crippen LogP contribution in [0.1, 0.15) is 21.5 Å². The standard InChI is InChI=1S/C17H12N4O2/c1-11-2-4-12(5-3-11)15-9-19-16(6-13(15)7-18)21-10-14(8-20-21)17(22)23/h2-6,8-10H,1H3,(H,22,23). The lowest BCUT2D eigenvalue weighted by Gasteiger charge is -2.07. The van der Waals surface area contributed by atoms with Gasteiger partial charge in [-0.3, -0.25) is 0 Å². The molecule has 0 aliphatic heterocycles.